The van der Waals surface area contributed by atoms with Crippen LogP contribution in [0.3, 0.4) is 0 Å². The summed E-state index contributed by atoms with van der Waals surface area (Å²) in [6, 6.07) is 8.48. The first-order chi connectivity index (χ1) is 8.27. The Kier molecular flexibility index (Phi) is 2.52. The van der Waals surface area contributed by atoms with Crippen molar-refractivity contribution in [3.8, 4) is 5.75 Å². The molecule has 1 atom stereocenters. The summed E-state index contributed by atoms with van der Waals surface area (Å²) in [6.07, 6.45) is 2.92. The molecule has 2 aromatic rings. The number of nitrogens with zero attached hydrogens (tertiary/aromatic N) is 1. The summed E-state index contributed by atoms with van der Waals surface area (Å²) in [5.74, 6) is 0.978. The van der Waals surface area contributed by atoms with Gasteiger partial charge in [0, 0.05) is 23.9 Å². The zero-order valence-corrected chi connectivity index (χ0v) is 10.5. The second-order valence-corrected chi connectivity index (χ2v) is 4.68. The fourth-order valence-corrected chi connectivity index (χ4v) is 2.77. The lowest BCUT2D eigenvalue weighted by molar-refractivity contribution is 0.255. The molecule has 88 valence electrons. The largest absolute Gasteiger partial charge is 0.493 e. The van der Waals surface area contributed by atoms with Crippen LogP contribution in [0, 0.1) is 11.7 Å². The number of aromatic amines is 1. The molecule has 4 heteroatoms. The normalized spacial score (nSPS) is 18.5. The van der Waals surface area contributed by atoms with E-state index >= 15 is 0 Å². The molecule has 1 aliphatic heterocycles. The van der Waals surface area contributed by atoms with Crippen LogP contribution in [0.25, 0.3) is 0 Å². The van der Waals surface area contributed by atoms with Crippen LogP contribution in [0.5, 0.6) is 5.75 Å². The van der Waals surface area contributed by atoms with Gasteiger partial charge in [-0.15, -0.1) is 0 Å². The highest BCUT2D eigenvalue weighted by Crippen LogP contribution is 2.35. The molecule has 3 rings (SSSR count). The van der Waals surface area contributed by atoms with Crippen LogP contribution in [0.2, 0.25) is 0 Å². The molecule has 1 aliphatic rings. The number of rotatable bonds is 1. The fraction of sp³-hybridized carbons (Fsp3) is 0.308. The molecule has 0 spiro atoms. The lowest BCUT2D eigenvalue weighted by Crippen LogP contribution is -2.21. The van der Waals surface area contributed by atoms with Crippen molar-refractivity contribution in [2.24, 2.45) is 0 Å². The molecule has 0 radical (unpaired) electrons. The molecule has 0 saturated carbocycles. The van der Waals surface area contributed by atoms with Crippen LogP contribution in [0.15, 0.2) is 30.5 Å². The summed E-state index contributed by atoms with van der Waals surface area (Å²) in [4.78, 5) is 3.10. The molecule has 3 nitrogen and oxygen atoms in total. The molecule has 1 N–H and O–H groups in total. The third kappa shape index (κ3) is 1.69. The summed E-state index contributed by atoms with van der Waals surface area (Å²) in [5.41, 5.74) is 2.38. The molecule has 2 heterocycles. The number of aromatic nitrogens is 2. The van der Waals surface area contributed by atoms with Gasteiger partial charge in [0.1, 0.15) is 5.75 Å². The number of hydrogen-bond donors (Lipinski definition) is 1. The maximum Gasteiger partial charge on any atom is 0.177 e. The predicted molar refractivity (Wildman–Crippen MR) is 69.0 cm³/mol. The first kappa shape index (κ1) is 10.6. The molecule has 1 unspecified atom stereocenters. The van der Waals surface area contributed by atoms with Gasteiger partial charge in [0.05, 0.1) is 12.6 Å². The van der Waals surface area contributed by atoms with Crippen LogP contribution in [0.1, 0.15) is 23.7 Å². The monoisotopic (exact) mass is 246 g/mol. The van der Waals surface area contributed by atoms with Gasteiger partial charge in [0.25, 0.3) is 0 Å². The molecular formula is C13H14N2OS. The summed E-state index contributed by atoms with van der Waals surface area (Å²) in [7, 11) is 0. The lowest BCUT2D eigenvalue weighted by Gasteiger charge is -2.27. The molecule has 1 aromatic heterocycles. The van der Waals surface area contributed by atoms with E-state index in [4.69, 9.17) is 17.0 Å². The molecule has 17 heavy (non-hydrogen) atoms. The highest BCUT2D eigenvalue weighted by atomic mass is 32.1. The topological polar surface area (TPSA) is 29.9 Å². The van der Waals surface area contributed by atoms with E-state index in [0.29, 0.717) is 6.04 Å². The number of benzene rings is 1. The van der Waals surface area contributed by atoms with Crippen LogP contribution < -0.4 is 4.74 Å². The Hall–Kier alpha value is -1.55. The molecule has 1 aromatic carbocycles. The average molecular weight is 246 g/mol. The van der Waals surface area contributed by atoms with Crippen LogP contribution in [-0.2, 0) is 0 Å². The second-order valence-electron chi connectivity index (χ2n) is 4.30. The molecule has 0 fully saturated rings. The maximum atomic E-state index is 5.67. The Morgan fingerprint density at radius 3 is 3.00 bits per heavy atom. The number of H-pyrrole nitrogens is 1. The summed E-state index contributed by atoms with van der Waals surface area (Å²) in [6.45, 7) is 2.82. The van der Waals surface area contributed by atoms with Gasteiger partial charge < -0.3 is 14.3 Å². The molecule has 0 aliphatic carbocycles. The van der Waals surface area contributed by atoms with Crippen molar-refractivity contribution in [2.75, 3.05) is 6.61 Å². The van der Waals surface area contributed by atoms with E-state index in [1.54, 1.807) is 0 Å². The highest BCUT2D eigenvalue weighted by Gasteiger charge is 2.23. The zero-order valence-electron chi connectivity index (χ0n) is 9.64. The minimum atomic E-state index is 0.290. The number of ether oxygens (including phenoxy) is 1. The Labute approximate surface area is 105 Å². The molecule has 0 saturated heterocycles. The second kappa shape index (κ2) is 4.04. The van der Waals surface area contributed by atoms with Crippen molar-refractivity contribution in [3.05, 3.63) is 46.5 Å². The van der Waals surface area contributed by atoms with Gasteiger partial charge in [-0.3, -0.25) is 0 Å². The van der Waals surface area contributed by atoms with Crippen molar-refractivity contribution in [1.82, 2.24) is 9.55 Å². The molecular weight excluding hydrogens is 232 g/mol. The van der Waals surface area contributed by atoms with Crippen molar-refractivity contribution in [2.45, 2.75) is 19.4 Å². The highest BCUT2D eigenvalue weighted by molar-refractivity contribution is 7.71. The van der Waals surface area contributed by atoms with E-state index in [0.717, 1.165) is 29.2 Å². The Morgan fingerprint density at radius 2 is 2.24 bits per heavy atom. The van der Waals surface area contributed by atoms with Gasteiger partial charge in [0.2, 0.25) is 0 Å². The van der Waals surface area contributed by atoms with Crippen molar-refractivity contribution < 1.29 is 4.74 Å². The lowest BCUT2D eigenvalue weighted by atomic mass is 10.0. The van der Waals surface area contributed by atoms with E-state index in [9.17, 15) is 0 Å². The van der Waals surface area contributed by atoms with Crippen LogP contribution in [0.4, 0.5) is 0 Å². The smallest absolute Gasteiger partial charge is 0.177 e. The zero-order chi connectivity index (χ0) is 11.8. The third-order valence-corrected chi connectivity index (χ3v) is 3.56. The molecule has 0 bridgehead atoms. The van der Waals surface area contributed by atoms with Crippen molar-refractivity contribution in [1.29, 1.82) is 0 Å². The van der Waals surface area contributed by atoms with Crippen LogP contribution >= 0.6 is 12.2 Å². The van der Waals surface area contributed by atoms with Gasteiger partial charge in [-0.25, -0.2) is 0 Å². The van der Waals surface area contributed by atoms with Gasteiger partial charge >= 0.3 is 0 Å². The predicted octanol–water partition coefficient (Wildman–Crippen LogP) is 3.23. The number of hydrogen-bond acceptors (Lipinski definition) is 2. The number of aryl methyl sites for hydroxylation is 1. The standard InChI is InChI=1S/C13H14N2OS/c1-9-8-14-13(17)15(9)11-6-7-16-12-5-3-2-4-10(11)12/h2-5,8,11H,6-7H2,1H3,(H,14,17). The van der Waals surface area contributed by atoms with E-state index in [-0.39, 0.29) is 0 Å². The van der Waals surface area contributed by atoms with Gasteiger partial charge in [0.15, 0.2) is 4.77 Å². The first-order valence-corrected chi connectivity index (χ1v) is 6.16. The van der Waals surface area contributed by atoms with E-state index in [2.05, 4.69) is 22.5 Å². The Balaban J connectivity index is 2.15. The quantitative estimate of drug-likeness (QED) is 0.783. The Morgan fingerprint density at radius 1 is 1.41 bits per heavy atom. The van der Waals surface area contributed by atoms with E-state index in [1.807, 2.05) is 24.4 Å². The minimum Gasteiger partial charge on any atom is -0.493 e. The van der Waals surface area contributed by atoms with Gasteiger partial charge in [-0.2, -0.15) is 0 Å². The van der Waals surface area contributed by atoms with Crippen molar-refractivity contribution in [3.63, 3.8) is 0 Å². The molecule has 0 amide bonds. The van der Waals surface area contributed by atoms with Crippen LogP contribution in [-0.4, -0.2) is 16.2 Å². The first-order valence-electron chi connectivity index (χ1n) is 5.75. The number of imidazole rings is 1. The summed E-state index contributed by atoms with van der Waals surface area (Å²) >= 11 is 5.35. The third-order valence-electron chi connectivity index (χ3n) is 3.24. The fourth-order valence-electron chi connectivity index (χ4n) is 2.44. The number of nitrogens with one attached hydrogen (secondary N) is 1. The minimum absolute atomic E-state index is 0.290. The van der Waals surface area contributed by atoms with E-state index < -0.39 is 0 Å². The maximum absolute atomic E-state index is 5.67. The average Bonchev–Trinajstić information content (AvgIpc) is 2.69. The van der Waals surface area contributed by atoms with Crippen molar-refractivity contribution >= 4 is 12.2 Å². The SMILES string of the molecule is Cc1c[nH]c(=S)n1C1CCOc2ccccc21. The summed E-state index contributed by atoms with van der Waals surface area (Å²) < 4.78 is 8.63. The summed E-state index contributed by atoms with van der Waals surface area (Å²) in [5, 5.41) is 0. The number of fused-ring (bicyclic) bond motifs is 1. The van der Waals surface area contributed by atoms with Gasteiger partial charge in [-0.05, 0) is 25.2 Å². The Bertz CT molecular complexity index is 599. The number of para-hydroxylation sites is 1. The van der Waals surface area contributed by atoms with E-state index in [1.165, 1.54) is 5.56 Å². The van der Waals surface area contributed by atoms with Gasteiger partial charge in [-0.1, -0.05) is 18.2 Å².